The molecule has 2 N–H and O–H groups in total. The predicted molar refractivity (Wildman–Crippen MR) is 138 cm³/mol. The molecule has 0 saturated carbocycles. The Morgan fingerprint density at radius 2 is 1.00 bits per heavy atom. The Kier molecular flexibility index (Phi) is 12.0. The van der Waals surface area contributed by atoms with E-state index in [0.29, 0.717) is 11.4 Å². The van der Waals surface area contributed by atoms with Gasteiger partial charge in [-0.2, -0.15) is 36.2 Å². The summed E-state index contributed by atoms with van der Waals surface area (Å²) in [5.41, 5.74) is 5.40. The number of pyridine rings is 2. The van der Waals surface area contributed by atoms with Crippen LogP contribution in [0.15, 0.2) is 79.1 Å². The van der Waals surface area contributed by atoms with E-state index in [0.717, 1.165) is 0 Å². The van der Waals surface area contributed by atoms with Crippen molar-refractivity contribution in [3.8, 4) is 23.0 Å². The summed E-state index contributed by atoms with van der Waals surface area (Å²) in [5, 5.41) is 10.5. The van der Waals surface area contributed by atoms with Crippen molar-refractivity contribution in [2.75, 3.05) is 0 Å². The Balaban J connectivity index is 0.000000215. The number of alkyl halides is 6. The van der Waals surface area contributed by atoms with E-state index in [1.165, 1.54) is 12.4 Å². The van der Waals surface area contributed by atoms with Crippen LogP contribution in [-0.4, -0.2) is 40.3 Å². The molecule has 0 aliphatic carbocycles. The number of benzene rings is 1. The summed E-state index contributed by atoms with van der Waals surface area (Å²) in [6.45, 7) is 0. The molecule has 0 amide bonds. The van der Waals surface area contributed by atoms with Crippen molar-refractivity contribution in [2.24, 2.45) is 0 Å². The molecule has 16 heteroatoms. The molecule has 0 saturated heterocycles. The third-order valence-electron chi connectivity index (χ3n) is 4.43. The second-order valence-electron chi connectivity index (χ2n) is 7.43. The molecule has 4 heterocycles. The number of aromatic amines is 2. The first-order valence-corrected chi connectivity index (χ1v) is 17.1. The van der Waals surface area contributed by atoms with Gasteiger partial charge in [-0.05, 0) is 24.3 Å². The molecule has 0 aliphatic rings. The molecule has 0 spiro atoms. The van der Waals surface area contributed by atoms with E-state index in [-0.39, 0.29) is 21.5 Å². The maximum absolute atomic E-state index is 12.2. The van der Waals surface area contributed by atoms with E-state index in [9.17, 15) is 26.3 Å². The fourth-order valence-corrected chi connectivity index (χ4v) is 4.84. The predicted octanol–water partition coefficient (Wildman–Crippen LogP) is 5.86. The molecule has 215 valence electrons. The normalized spacial score (nSPS) is 11.2. The molecule has 8 nitrogen and oxygen atoms in total. The monoisotopic (exact) mass is 761 g/mol. The van der Waals surface area contributed by atoms with Gasteiger partial charge in [-0.25, -0.2) is 9.97 Å². The molecular weight excluding hydrogens is 736 g/mol. The Hall–Kier alpha value is -3.55. The molecule has 5 rings (SSSR count). The van der Waals surface area contributed by atoms with Crippen molar-refractivity contribution in [1.82, 2.24) is 40.3 Å². The van der Waals surface area contributed by atoms with Gasteiger partial charge in [-0.3, -0.25) is 20.2 Å². The van der Waals surface area contributed by atoms with E-state index in [2.05, 4.69) is 81.6 Å². The number of H-pyrrole nitrogens is 2. The van der Waals surface area contributed by atoms with Crippen LogP contribution < -0.4 is 4.12 Å². The second-order valence-corrected chi connectivity index (χ2v) is 14.0. The molecule has 4 aromatic heterocycles. The van der Waals surface area contributed by atoms with Gasteiger partial charge >= 0.3 is 74.0 Å². The second kappa shape index (κ2) is 14.7. The van der Waals surface area contributed by atoms with Crippen molar-refractivity contribution in [3.63, 3.8) is 0 Å². The van der Waals surface area contributed by atoms with E-state index in [4.69, 9.17) is 0 Å². The summed E-state index contributed by atoms with van der Waals surface area (Å²) >= 11 is -0.845. The summed E-state index contributed by atoms with van der Waals surface area (Å²) in [4.78, 5) is 14.3. The van der Waals surface area contributed by atoms with Gasteiger partial charge in [-0.1, -0.05) is 12.1 Å². The van der Waals surface area contributed by atoms with Gasteiger partial charge in [-0.15, -0.1) is 10.2 Å². The molecule has 0 bridgehead atoms. The number of rotatable bonds is 3. The van der Waals surface area contributed by atoms with Gasteiger partial charge in [0.2, 0.25) is 0 Å². The average molecular weight is 760 g/mol. The Labute approximate surface area is 233 Å². The zero-order valence-corrected chi connectivity index (χ0v) is 25.0. The number of aromatic nitrogens is 8. The number of nitrogens with zero attached hydrogens (tertiary/aromatic N) is 6. The van der Waals surface area contributed by atoms with Crippen LogP contribution in [0, 0.1) is 0 Å². The topological polar surface area (TPSA) is 109 Å². The molecule has 40 heavy (non-hydrogen) atoms. The Morgan fingerprint density at radius 3 is 1.27 bits per heavy atom. The number of halogens is 6. The van der Waals surface area contributed by atoms with Crippen LogP contribution in [0.25, 0.3) is 23.0 Å². The fraction of sp³-hybridized carbons (Fsp3) is 0.167. The van der Waals surface area contributed by atoms with Gasteiger partial charge in [0, 0.05) is 12.4 Å². The average Bonchev–Trinajstić information content (AvgIpc) is 3.62. The van der Waals surface area contributed by atoms with Crippen LogP contribution in [0.1, 0.15) is 11.6 Å². The van der Waals surface area contributed by atoms with Gasteiger partial charge in [0.1, 0.15) is 11.4 Å². The molecule has 1 unspecified atom stereocenters. The maximum atomic E-state index is 12.2. The molecule has 1 atom stereocenters. The fourth-order valence-electron chi connectivity index (χ4n) is 2.66. The Morgan fingerprint density at radius 1 is 0.600 bits per heavy atom. The molecular formula is C24H24F6N8OsP. The van der Waals surface area contributed by atoms with Crippen LogP contribution in [0.4, 0.5) is 26.3 Å². The summed E-state index contributed by atoms with van der Waals surface area (Å²) in [5.74, 6) is -2.38. The van der Waals surface area contributed by atoms with E-state index >= 15 is 0 Å². The van der Waals surface area contributed by atoms with Crippen molar-refractivity contribution in [1.29, 1.82) is 0 Å². The molecule has 0 radical (unpaired) electrons. The summed E-state index contributed by atoms with van der Waals surface area (Å²) < 4.78 is 74.5. The molecule has 5 aromatic rings. The summed E-state index contributed by atoms with van der Waals surface area (Å²) in [6, 6.07) is 20.5. The SMILES string of the molecule is FC(F)(F)c1n[nH]c(-c2ccccn2)n1.FC(F)(F)c1n[nH]c(-c2ccccn2)n1.P.[CH3][Os]([CH3])[c]1ccccc1. The van der Waals surface area contributed by atoms with E-state index < -0.39 is 40.2 Å². The minimum atomic E-state index is -4.54. The van der Waals surface area contributed by atoms with Crippen LogP contribution in [-0.2, 0) is 28.6 Å². The quantitative estimate of drug-likeness (QED) is 0.177. The summed E-state index contributed by atoms with van der Waals surface area (Å²) in [6.07, 6.45) is -6.15. The first kappa shape index (κ1) is 32.7. The zero-order chi connectivity index (χ0) is 28.5. The number of hydrogen-bond acceptors (Lipinski definition) is 6. The van der Waals surface area contributed by atoms with Gasteiger partial charge < -0.3 is 0 Å². The first-order chi connectivity index (χ1) is 18.4. The first-order valence-electron chi connectivity index (χ1n) is 10.8. The standard InChI is InChI=1S/2C8H5F3N4.C6H5.2CH3.Os.H3P/c2*9-8(10,11)7-13-6(14-15-7)5-3-1-2-4-12-5;1-2-4-6-5-3-1;;;;/h2*1-4H,(H,13,14,15);1-5H;2*1H3;;1H3. The van der Waals surface area contributed by atoms with Gasteiger partial charge in [0.25, 0.3) is 11.6 Å². The molecule has 0 aliphatic heterocycles. The third kappa shape index (κ3) is 9.88. The van der Waals surface area contributed by atoms with Crippen LogP contribution in [0.3, 0.4) is 0 Å². The van der Waals surface area contributed by atoms with Gasteiger partial charge in [0.05, 0.1) is 0 Å². The molecule has 0 fully saturated rings. The summed E-state index contributed by atoms with van der Waals surface area (Å²) in [7, 11) is 0. The van der Waals surface area contributed by atoms with Crippen LogP contribution >= 0.6 is 9.90 Å². The molecule has 1 aromatic carbocycles. The van der Waals surface area contributed by atoms with Crippen LogP contribution in [0.2, 0.25) is 11.0 Å². The number of nitrogens with one attached hydrogen (secondary N) is 2. The van der Waals surface area contributed by atoms with E-state index in [1.807, 2.05) is 0 Å². The third-order valence-corrected chi connectivity index (χ3v) is 8.21. The Bertz CT molecular complexity index is 1320. The van der Waals surface area contributed by atoms with Crippen molar-refractivity contribution in [2.45, 2.75) is 23.3 Å². The minimum absolute atomic E-state index is 0. The zero-order valence-electron chi connectivity index (χ0n) is 21.0. The van der Waals surface area contributed by atoms with Crippen molar-refractivity contribution >= 4 is 14.0 Å². The van der Waals surface area contributed by atoms with Crippen LogP contribution in [0.5, 0.6) is 0 Å². The van der Waals surface area contributed by atoms with E-state index in [1.54, 1.807) is 40.5 Å². The van der Waals surface area contributed by atoms with Crippen molar-refractivity contribution in [3.05, 3.63) is 90.8 Å². The van der Waals surface area contributed by atoms with Crippen molar-refractivity contribution < 1.29 is 42.6 Å². The number of hydrogen-bond donors (Lipinski definition) is 2. The van der Waals surface area contributed by atoms with Gasteiger partial charge in [0.15, 0.2) is 11.6 Å².